The molecule has 0 spiro atoms. The predicted molar refractivity (Wildman–Crippen MR) is 110 cm³/mol. The van der Waals surface area contributed by atoms with Crippen LogP contribution in [-0.4, -0.2) is 61.2 Å². The molecule has 8 nitrogen and oxygen atoms in total. The van der Waals surface area contributed by atoms with Gasteiger partial charge in [0, 0.05) is 43.7 Å². The van der Waals surface area contributed by atoms with Gasteiger partial charge >= 0.3 is 0 Å². The summed E-state index contributed by atoms with van der Waals surface area (Å²) in [6.07, 6.45) is 7.06. The van der Waals surface area contributed by atoms with Crippen LogP contribution in [0.5, 0.6) is 11.5 Å². The van der Waals surface area contributed by atoms with Crippen molar-refractivity contribution in [3.8, 4) is 11.5 Å². The molecule has 1 fully saturated rings. The molecule has 2 heterocycles. The van der Waals surface area contributed by atoms with Gasteiger partial charge in [0.25, 0.3) is 0 Å². The van der Waals surface area contributed by atoms with Gasteiger partial charge in [-0.15, -0.1) is 0 Å². The van der Waals surface area contributed by atoms with Crippen LogP contribution in [0.15, 0.2) is 36.4 Å². The van der Waals surface area contributed by atoms with Crippen molar-refractivity contribution in [1.82, 2.24) is 14.9 Å². The predicted octanol–water partition coefficient (Wildman–Crippen LogP) is 2.01. The van der Waals surface area contributed by atoms with Gasteiger partial charge in [-0.1, -0.05) is 18.2 Å². The number of hydrogen-bond acceptors (Lipinski definition) is 7. The molecule has 148 valence electrons. The molecule has 1 saturated heterocycles. The number of nitrogen functional groups attached to an aromatic ring is 1. The standard InChI is InChI=1S/C20H25N5O3/c1-4-5-6-7-18(26)24-8-10-25(11-9-24)20-22-15-13-17(28-3)16(27-2)12-14(15)19(21)23-20/h4-7,12-13H,8-11H2,1-3H3,(H2,21,22,23)/b5-4+,7-6+. The number of ether oxygens (including phenoxy) is 2. The Bertz CT molecular complexity index is 918. The molecule has 0 atom stereocenters. The molecule has 28 heavy (non-hydrogen) atoms. The smallest absolute Gasteiger partial charge is 0.246 e. The quantitative estimate of drug-likeness (QED) is 0.623. The maximum Gasteiger partial charge on any atom is 0.246 e. The molecule has 1 aliphatic rings. The van der Waals surface area contributed by atoms with Gasteiger partial charge in [-0.05, 0) is 13.0 Å². The number of nitrogens with two attached hydrogens (primary N) is 1. The lowest BCUT2D eigenvalue weighted by Crippen LogP contribution is -2.48. The SMILES string of the molecule is C/C=C/C=C/C(=O)N1CCN(c2nc(N)c3cc(OC)c(OC)cc3n2)CC1. The van der Waals surface area contributed by atoms with Crippen LogP contribution in [0.4, 0.5) is 11.8 Å². The van der Waals surface area contributed by atoms with Gasteiger partial charge in [0.05, 0.1) is 19.7 Å². The molecule has 0 bridgehead atoms. The third-order valence-corrected chi connectivity index (χ3v) is 4.64. The van der Waals surface area contributed by atoms with Crippen molar-refractivity contribution in [3.05, 3.63) is 36.4 Å². The molecule has 0 radical (unpaired) electrons. The van der Waals surface area contributed by atoms with E-state index < -0.39 is 0 Å². The zero-order valence-electron chi connectivity index (χ0n) is 16.4. The Morgan fingerprint density at radius 2 is 1.75 bits per heavy atom. The number of aromatic nitrogens is 2. The topological polar surface area (TPSA) is 93.8 Å². The van der Waals surface area contributed by atoms with Crippen LogP contribution in [0.2, 0.25) is 0 Å². The van der Waals surface area contributed by atoms with Crippen molar-refractivity contribution < 1.29 is 14.3 Å². The van der Waals surface area contributed by atoms with Crippen molar-refractivity contribution in [2.45, 2.75) is 6.92 Å². The molecular formula is C20H25N5O3. The summed E-state index contributed by atoms with van der Waals surface area (Å²) in [4.78, 5) is 25.1. The summed E-state index contributed by atoms with van der Waals surface area (Å²) in [5, 5.41) is 0.712. The average Bonchev–Trinajstić information content (AvgIpc) is 2.73. The number of carbonyl (C=O) groups is 1. The molecule has 0 saturated carbocycles. The molecule has 1 aromatic carbocycles. The molecule has 0 unspecified atom stereocenters. The Morgan fingerprint density at radius 3 is 2.39 bits per heavy atom. The number of allylic oxidation sites excluding steroid dienone is 3. The minimum Gasteiger partial charge on any atom is -0.493 e. The average molecular weight is 383 g/mol. The highest BCUT2D eigenvalue weighted by atomic mass is 16.5. The lowest BCUT2D eigenvalue weighted by molar-refractivity contribution is -0.126. The number of hydrogen-bond donors (Lipinski definition) is 1. The van der Waals surface area contributed by atoms with Gasteiger partial charge < -0.3 is 25.0 Å². The summed E-state index contributed by atoms with van der Waals surface area (Å²) in [7, 11) is 3.15. The molecule has 3 rings (SSSR count). The highest BCUT2D eigenvalue weighted by Crippen LogP contribution is 2.34. The van der Waals surface area contributed by atoms with Crippen LogP contribution in [0.25, 0.3) is 10.9 Å². The summed E-state index contributed by atoms with van der Waals surface area (Å²) in [6.45, 7) is 4.40. The minimum absolute atomic E-state index is 0.00789. The first-order valence-corrected chi connectivity index (χ1v) is 9.09. The highest BCUT2D eigenvalue weighted by molar-refractivity contribution is 5.92. The molecule has 2 N–H and O–H groups in total. The number of nitrogens with zero attached hydrogens (tertiary/aromatic N) is 4. The van der Waals surface area contributed by atoms with E-state index in [4.69, 9.17) is 15.2 Å². The Balaban J connectivity index is 1.78. The van der Waals surface area contributed by atoms with E-state index in [1.807, 2.05) is 28.9 Å². The molecule has 1 aromatic heterocycles. The van der Waals surface area contributed by atoms with E-state index in [0.717, 1.165) is 0 Å². The summed E-state index contributed by atoms with van der Waals surface area (Å²) in [6, 6.07) is 3.57. The Kier molecular flexibility index (Phi) is 5.98. The molecule has 8 heteroatoms. The molecular weight excluding hydrogens is 358 g/mol. The van der Waals surface area contributed by atoms with Crippen LogP contribution in [0.1, 0.15) is 6.92 Å². The van der Waals surface area contributed by atoms with E-state index in [1.54, 1.807) is 38.5 Å². The van der Waals surface area contributed by atoms with E-state index in [0.29, 0.717) is 60.3 Å². The van der Waals surface area contributed by atoms with Crippen LogP contribution < -0.4 is 20.1 Å². The summed E-state index contributed by atoms with van der Waals surface area (Å²) < 4.78 is 10.7. The Labute approximate surface area is 164 Å². The lowest BCUT2D eigenvalue weighted by atomic mass is 10.2. The maximum atomic E-state index is 12.2. The first-order chi connectivity index (χ1) is 13.6. The van der Waals surface area contributed by atoms with Gasteiger partial charge in [0.1, 0.15) is 5.82 Å². The minimum atomic E-state index is 0.00789. The summed E-state index contributed by atoms with van der Waals surface area (Å²) in [5.74, 6) is 2.11. The Morgan fingerprint density at radius 1 is 1.07 bits per heavy atom. The summed E-state index contributed by atoms with van der Waals surface area (Å²) >= 11 is 0. The first-order valence-electron chi connectivity index (χ1n) is 9.09. The molecule has 2 aromatic rings. The number of carbonyl (C=O) groups excluding carboxylic acids is 1. The molecule has 1 amide bonds. The monoisotopic (exact) mass is 383 g/mol. The fourth-order valence-corrected chi connectivity index (χ4v) is 3.09. The number of anilines is 2. The fraction of sp³-hybridized carbons (Fsp3) is 0.350. The number of rotatable bonds is 5. The van der Waals surface area contributed by atoms with Gasteiger partial charge in [0.15, 0.2) is 11.5 Å². The number of fused-ring (bicyclic) bond motifs is 1. The second kappa shape index (κ2) is 8.60. The van der Waals surface area contributed by atoms with E-state index in [9.17, 15) is 4.79 Å². The first kappa shape index (κ1) is 19.5. The number of methoxy groups -OCH3 is 2. The summed E-state index contributed by atoms with van der Waals surface area (Å²) in [5.41, 5.74) is 6.86. The second-order valence-electron chi connectivity index (χ2n) is 6.33. The molecule has 0 aliphatic carbocycles. The van der Waals surface area contributed by atoms with E-state index in [-0.39, 0.29) is 5.91 Å². The van der Waals surface area contributed by atoms with Crippen LogP contribution in [0, 0.1) is 0 Å². The van der Waals surface area contributed by atoms with Crippen molar-refractivity contribution >= 4 is 28.6 Å². The van der Waals surface area contributed by atoms with Crippen molar-refractivity contribution in [1.29, 1.82) is 0 Å². The normalized spacial score (nSPS) is 15.0. The van der Waals surface area contributed by atoms with Gasteiger partial charge in [-0.25, -0.2) is 4.98 Å². The van der Waals surface area contributed by atoms with E-state index in [2.05, 4.69) is 9.97 Å². The zero-order chi connectivity index (χ0) is 20.1. The number of benzene rings is 1. The third kappa shape index (κ3) is 4.00. The van der Waals surface area contributed by atoms with E-state index in [1.165, 1.54) is 0 Å². The van der Waals surface area contributed by atoms with Crippen LogP contribution in [-0.2, 0) is 4.79 Å². The van der Waals surface area contributed by atoms with Gasteiger partial charge in [-0.2, -0.15) is 4.98 Å². The van der Waals surface area contributed by atoms with Gasteiger partial charge in [0.2, 0.25) is 11.9 Å². The van der Waals surface area contributed by atoms with Gasteiger partial charge in [-0.3, -0.25) is 4.79 Å². The number of amides is 1. The second-order valence-corrected chi connectivity index (χ2v) is 6.33. The third-order valence-electron chi connectivity index (χ3n) is 4.64. The van der Waals surface area contributed by atoms with E-state index >= 15 is 0 Å². The Hall–Kier alpha value is -3.29. The van der Waals surface area contributed by atoms with Crippen molar-refractivity contribution in [2.24, 2.45) is 0 Å². The van der Waals surface area contributed by atoms with Crippen LogP contribution in [0.3, 0.4) is 0 Å². The highest BCUT2D eigenvalue weighted by Gasteiger charge is 2.22. The zero-order valence-corrected chi connectivity index (χ0v) is 16.4. The van der Waals surface area contributed by atoms with Crippen LogP contribution >= 0.6 is 0 Å². The fourth-order valence-electron chi connectivity index (χ4n) is 3.09. The van der Waals surface area contributed by atoms with Crippen molar-refractivity contribution in [2.75, 3.05) is 51.0 Å². The lowest BCUT2D eigenvalue weighted by Gasteiger charge is -2.34. The van der Waals surface area contributed by atoms with Crippen molar-refractivity contribution in [3.63, 3.8) is 0 Å². The molecule has 1 aliphatic heterocycles. The number of piperazine rings is 1. The largest absolute Gasteiger partial charge is 0.493 e. The maximum absolute atomic E-state index is 12.2.